The topological polar surface area (TPSA) is 83.5 Å². The van der Waals surface area contributed by atoms with Crippen molar-refractivity contribution in [2.75, 3.05) is 4.72 Å². The van der Waals surface area contributed by atoms with Crippen molar-refractivity contribution in [2.24, 2.45) is 0 Å². The van der Waals surface area contributed by atoms with E-state index in [-0.39, 0.29) is 21.2 Å². The molecule has 0 fully saturated rings. The predicted octanol–water partition coefficient (Wildman–Crippen LogP) is 3.15. The van der Waals surface area contributed by atoms with E-state index >= 15 is 0 Å². The smallest absolute Gasteiger partial charge is 0.337 e. The van der Waals surface area contributed by atoms with Crippen molar-refractivity contribution in [1.82, 2.24) is 0 Å². The summed E-state index contributed by atoms with van der Waals surface area (Å²) >= 11 is 5.73. The second kappa shape index (κ2) is 5.75. The molecule has 0 radical (unpaired) electrons. The molecular formula is C14H12ClNO4S. The van der Waals surface area contributed by atoms with Crippen molar-refractivity contribution >= 4 is 33.3 Å². The van der Waals surface area contributed by atoms with E-state index in [1.165, 1.54) is 30.3 Å². The molecule has 5 nitrogen and oxygen atoms in total. The Kier molecular flexibility index (Phi) is 4.20. The summed E-state index contributed by atoms with van der Waals surface area (Å²) in [6.07, 6.45) is 0. The van der Waals surface area contributed by atoms with Crippen LogP contribution in [0.1, 0.15) is 15.9 Å². The van der Waals surface area contributed by atoms with Gasteiger partial charge in [-0.3, -0.25) is 4.72 Å². The first-order valence-corrected chi connectivity index (χ1v) is 7.78. The van der Waals surface area contributed by atoms with Gasteiger partial charge in [0.25, 0.3) is 10.0 Å². The number of halogens is 1. The SMILES string of the molecule is Cc1ccc(S(=O)(=O)Nc2ccc(Cl)cc2C(=O)O)cc1. The van der Waals surface area contributed by atoms with Crippen LogP contribution in [0.25, 0.3) is 0 Å². The molecule has 0 bridgehead atoms. The van der Waals surface area contributed by atoms with Gasteiger partial charge in [0.15, 0.2) is 0 Å². The van der Waals surface area contributed by atoms with Gasteiger partial charge in [-0.05, 0) is 37.3 Å². The maximum absolute atomic E-state index is 12.2. The summed E-state index contributed by atoms with van der Waals surface area (Å²) in [4.78, 5) is 11.2. The zero-order valence-corrected chi connectivity index (χ0v) is 12.6. The zero-order valence-electron chi connectivity index (χ0n) is 11.0. The number of aryl methyl sites for hydroxylation is 1. The predicted molar refractivity (Wildman–Crippen MR) is 80.4 cm³/mol. The van der Waals surface area contributed by atoms with Crippen LogP contribution in [0.4, 0.5) is 5.69 Å². The molecule has 21 heavy (non-hydrogen) atoms. The maximum Gasteiger partial charge on any atom is 0.337 e. The minimum atomic E-state index is -3.86. The summed E-state index contributed by atoms with van der Waals surface area (Å²) in [6.45, 7) is 1.84. The van der Waals surface area contributed by atoms with Gasteiger partial charge in [0.1, 0.15) is 0 Å². The Balaban J connectivity index is 2.41. The molecule has 2 aromatic rings. The second-order valence-corrected chi connectivity index (χ2v) is 6.53. The van der Waals surface area contributed by atoms with Gasteiger partial charge in [-0.15, -0.1) is 0 Å². The molecule has 0 amide bonds. The van der Waals surface area contributed by atoms with E-state index in [1.54, 1.807) is 12.1 Å². The van der Waals surface area contributed by atoms with Crippen LogP contribution in [-0.2, 0) is 10.0 Å². The fraction of sp³-hybridized carbons (Fsp3) is 0.0714. The van der Waals surface area contributed by atoms with E-state index in [0.29, 0.717) is 0 Å². The Bertz CT molecular complexity index is 785. The van der Waals surface area contributed by atoms with Gasteiger partial charge in [0.05, 0.1) is 16.1 Å². The van der Waals surface area contributed by atoms with Crippen molar-refractivity contribution in [3.8, 4) is 0 Å². The molecule has 0 aliphatic heterocycles. The molecule has 0 saturated carbocycles. The summed E-state index contributed by atoms with van der Waals surface area (Å²) < 4.78 is 26.7. The number of sulfonamides is 1. The summed E-state index contributed by atoms with van der Waals surface area (Å²) in [7, 11) is -3.86. The molecule has 2 rings (SSSR count). The monoisotopic (exact) mass is 325 g/mol. The van der Waals surface area contributed by atoms with Crippen LogP contribution in [0.2, 0.25) is 5.02 Å². The van der Waals surface area contributed by atoms with Crippen molar-refractivity contribution in [1.29, 1.82) is 0 Å². The molecular weight excluding hydrogens is 314 g/mol. The lowest BCUT2D eigenvalue weighted by Gasteiger charge is -2.11. The Morgan fingerprint density at radius 3 is 2.33 bits per heavy atom. The molecule has 2 N–H and O–H groups in total. The van der Waals surface area contributed by atoms with Crippen molar-refractivity contribution in [3.63, 3.8) is 0 Å². The van der Waals surface area contributed by atoms with Crippen molar-refractivity contribution < 1.29 is 18.3 Å². The van der Waals surface area contributed by atoms with Crippen LogP contribution in [0, 0.1) is 6.92 Å². The number of aromatic carboxylic acids is 1. The summed E-state index contributed by atoms with van der Waals surface area (Å²) in [5, 5.41) is 9.31. The van der Waals surface area contributed by atoms with E-state index in [9.17, 15) is 13.2 Å². The van der Waals surface area contributed by atoms with Gasteiger partial charge in [-0.2, -0.15) is 0 Å². The molecule has 0 saturated heterocycles. The standard InChI is InChI=1S/C14H12ClNO4S/c1-9-2-5-11(6-3-9)21(19,20)16-13-7-4-10(15)8-12(13)14(17)18/h2-8,16H,1H3,(H,17,18). The van der Waals surface area contributed by atoms with E-state index in [2.05, 4.69) is 4.72 Å². The van der Waals surface area contributed by atoms with Gasteiger partial charge in [0, 0.05) is 5.02 Å². The number of carbonyl (C=O) groups is 1. The number of rotatable bonds is 4. The highest BCUT2D eigenvalue weighted by Crippen LogP contribution is 2.23. The molecule has 7 heteroatoms. The van der Waals surface area contributed by atoms with E-state index < -0.39 is 16.0 Å². The summed E-state index contributed by atoms with van der Waals surface area (Å²) in [6, 6.07) is 10.2. The lowest BCUT2D eigenvalue weighted by Crippen LogP contribution is -2.15. The first kappa shape index (κ1) is 15.3. The van der Waals surface area contributed by atoms with Crippen LogP contribution in [-0.4, -0.2) is 19.5 Å². The summed E-state index contributed by atoms with van der Waals surface area (Å²) in [5.41, 5.74) is 0.678. The zero-order chi connectivity index (χ0) is 15.6. The third-order valence-electron chi connectivity index (χ3n) is 2.79. The first-order chi connectivity index (χ1) is 9.79. The molecule has 0 heterocycles. The summed E-state index contributed by atoms with van der Waals surface area (Å²) in [5.74, 6) is -1.26. The minimum absolute atomic E-state index is 0.0347. The Morgan fingerprint density at radius 1 is 1.14 bits per heavy atom. The van der Waals surface area contributed by atoms with Gasteiger partial charge < -0.3 is 5.11 Å². The molecule has 0 spiro atoms. The number of hydrogen-bond donors (Lipinski definition) is 2. The van der Waals surface area contributed by atoms with Gasteiger partial charge in [0.2, 0.25) is 0 Å². The van der Waals surface area contributed by atoms with Crippen LogP contribution in [0.3, 0.4) is 0 Å². The molecule has 0 aromatic heterocycles. The van der Waals surface area contributed by atoms with Crippen LogP contribution in [0.5, 0.6) is 0 Å². The average Bonchev–Trinajstić information content (AvgIpc) is 2.41. The van der Waals surface area contributed by atoms with Crippen molar-refractivity contribution in [2.45, 2.75) is 11.8 Å². The number of carboxylic acids is 1. The van der Waals surface area contributed by atoms with Gasteiger partial charge >= 0.3 is 5.97 Å². The third-order valence-corrected chi connectivity index (χ3v) is 4.40. The highest BCUT2D eigenvalue weighted by Gasteiger charge is 2.18. The molecule has 0 aliphatic carbocycles. The van der Waals surface area contributed by atoms with E-state index in [4.69, 9.17) is 16.7 Å². The molecule has 0 unspecified atom stereocenters. The van der Waals surface area contributed by atoms with Crippen LogP contribution >= 0.6 is 11.6 Å². The quantitative estimate of drug-likeness (QED) is 0.904. The fourth-order valence-corrected chi connectivity index (χ4v) is 2.96. The largest absolute Gasteiger partial charge is 0.478 e. The number of anilines is 1. The van der Waals surface area contributed by atoms with Gasteiger partial charge in [-0.25, -0.2) is 13.2 Å². The first-order valence-electron chi connectivity index (χ1n) is 5.92. The lowest BCUT2D eigenvalue weighted by atomic mass is 10.2. The van der Waals surface area contributed by atoms with Crippen LogP contribution < -0.4 is 4.72 Å². The number of hydrogen-bond acceptors (Lipinski definition) is 3. The Labute approximate surface area is 127 Å². The number of benzene rings is 2. The normalized spacial score (nSPS) is 11.1. The van der Waals surface area contributed by atoms with E-state index in [0.717, 1.165) is 5.56 Å². The second-order valence-electron chi connectivity index (χ2n) is 4.41. The number of nitrogens with one attached hydrogen (secondary N) is 1. The van der Waals surface area contributed by atoms with Gasteiger partial charge in [-0.1, -0.05) is 29.3 Å². The minimum Gasteiger partial charge on any atom is -0.478 e. The highest BCUT2D eigenvalue weighted by atomic mass is 35.5. The molecule has 110 valence electrons. The fourth-order valence-electron chi connectivity index (χ4n) is 1.70. The Hall–Kier alpha value is -2.05. The maximum atomic E-state index is 12.2. The van der Waals surface area contributed by atoms with Crippen molar-refractivity contribution in [3.05, 3.63) is 58.6 Å². The van der Waals surface area contributed by atoms with E-state index in [1.807, 2.05) is 6.92 Å². The molecule has 0 atom stereocenters. The highest BCUT2D eigenvalue weighted by molar-refractivity contribution is 7.92. The van der Waals surface area contributed by atoms with Crippen LogP contribution in [0.15, 0.2) is 47.4 Å². The lowest BCUT2D eigenvalue weighted by molar-refractivity contribution is 0.0698. The molecule has 0 aliphatic rings. The average molecular weight is 326 g/mol. The number of carboxylic acid groups (broad SMARTS) is 1. The Morgan fingerprint density at radius 2 is 1.76 bits per heavy atom. The molecule has 2 aromatic carbocycles. The third kappa shape index (κ3) is 3.53.